The van der Waals surface area contributed by atoms with Crippen molar-refractivity contribution in [3.63, 3.8) is 0 Å². The van der Waals surface area contributed by atoms with Crippen molar-refractivity contribution >= 4 is 96.8 Å². The fourth-order valence-corrected chi connectivity index (χ4v) is 5.29. The molecule has 0 aliphatic heterocycles. The molecule has 2 atom stereocenters. The molecule has 13 nitrogen and oxygen atoms in total. The van der Waals surface area contributed by atoms with E-state index < -0.39 is 0 Å². The number of rotatable bonds is 18. The Balaban J connectivity index is -0.000000704. The van der Waals surface area contributed by atoms with Gasteiger partial charge in [-0.3, -0.25) is 64.9 Å². The predicted molar refractivity (Wildman–Crippen MR) is 293 cm³/mol. The molecule has 1 saturated carbocycles. The summed E-state index contributed by atoms with van der Waals surface area (Å²) in [6, 6.07) is 10.6. The summed E-state index contributed by atoms with van der Waals surface area (Å²) in [4.78, 5) is 54.0. The molecule has 0 saturated heterocycles. The Labute approximate surface area is 389 Å². The van der Waals surface area contributed by atoms with Crippen LogP contribution in [0.5, 0.6) is 0 Å². The number of para-hydroxylation sites is 2. The highest BCUT2D eigenvalue weighted by molar-refractivity contribution is 5.84. The van der Waals surface area contributed by atoms with E-state index in [0.29, 0.717) is 12.1 Å². The van der Waals surface area contributed by atoms with Gasteiger partial charge in [-0.15, -0.1) is 0 Å². The van der Waals surface area contributed by atoms with Crippen LogP contribution in [0.3, 0.4) is 0 Å². The van der Waals surface area contributed by atoms with E-state index in [4.69, 9.17) is 0 Å². The van der Waals surface area contributed by atoms with Gasteiger partial charge >= 0.3 is 0 Å². The third-order valence-corrected chi connectivity index (χ3v) is 8.04. The first-order valence-electron chi connectivity index (χ1n) is 22.9. The first-order chi connectivity index (χ1) is 31.2. The second-order valence-corrected chi connectivity index (χ2v) is 13.4. The van der Waals surface area contributed by atoms with Crippen LogP contribution in [0.4, 0.5) is 22.7 Å². The van der Waals surface area contributed by atoms with E-state index in [9.17, 15) is 0 Å². The van der Waals surface area contributed by atoms with Crippen LogP contribution in [0.1, 0.15) is 135 Å². The molecule has 354 valence electrons. The van der Waals surface area contributed by atoms with Crippen LogP contribution in [-0.2, 0) is 0 Å². The molecule has 1 heterocycles. The summed E-state index contributed by atoms with van der Waals surface area (Å²) in [6.07, 6.45) is 31.9. The maximum atomic E-state index is 4.44. The molecule has 0 radical (unpaired) electrons. The summed E-state index contributed by atoms with van der Waals surface area (Å²) in [5.74, 6) is 0. The van der Waals surface area contributed by atoms with Crippen molar-refractivity contribution < 1.29 is 0 Å². The Kier molecular flexibility index (Phi) is 50.7. The second-order valence-electron chi connectivity index (χ2n) is 13.4. The lowest BCUT2D eigenvalue weighted by Crippen LogP contribution is -2.26. The number of nitrogens with zero attached hydrogens (tertiary/aromatic N) is 13. The number of aromatic nitrogens is 1. The summed E-state index contributed by atoms with van der Waals surface area (Å²) in [7, 11) is 0. The Morgan fingerprint density at radius 2 is 0.828 bits per heavy atom. The van der Waals surface area contributed by atoms with Gasteiger partial charge < -0.3 is 0 Å². The van der Waals surface area contributed by atoms with Gasteiger partial charge in [-0.2, -0.15) is 0 Å². The molecule has 1 fully saturated rings. The molecule has 0 amide bonds. The first kappa shape index (κ1) is 62.7. The number of pyridine rings is 1. The van der Waals surface area contributed by atoms with Crippen molar-refractivity contribution in [2.45, 2.75) is 147 Å². The highest BCUT2D eigenvalue weighted by atomic mass is 14.9. The van der Waals surface area contributed by atoms with Crippen molar-refractivity contribution in [1.29, 1.82) is 0 Å². The standard InChI is InChI=1S/C10H13N3.C10H18N2.C10H12N2.C8H16N2.C7H14N2.C6H12N2/c1-4-12-10-7-11-6-5-9(10)13-8(2)3;2*1-3-11-9-7-5-6-8-10(9)12-4-2;1-3-9-7-5-6-8-10-4-2;1-3-8-6-5-7-9-4-2;1-3-7-5-6-8-4-2/h4-7H,1-3H3;3-4,9-10H,5-8H2,1-2H3;3-8H,1-2H3;3-4H,5-8H2,1-2H3;3-4H,5-7H2,1-2H3;3-4H,5-6H2,1-2H3. The normalized spacial score (nSPS) is 15.2. The Morgan fingerprint density at radius 1 is 0.453 bits per heavy atom. The molecule has 2 unspecified atom stereocenters. The van der Waals surface area contributed by atoms with Crippen molar-refractivity contribution in [1.82, 2.24) is 4.98 Å². The molecule has 1 aliphatic rings. The lowest BCUT2D eigenvalue weighted by Gasteiger charge is -2.25. The number of unbranched alkanes of at least 4 members (excludes halogenated alkanes) is 1. The molecule has 0 spiro atoms. The van der Waals surface area contributed by atoms with Gasteiger partial charge in [0.1, 0.15) is 5.69 Å². The zero-order chi connectivity index (χ0) is 48.2. The van der Waals surface area contributed by atoms with Gasteiger partial charge in [0.15, 0.2) is 0 Å². The third kappa shape index (κ3) is 41.7. The summed E-state index contributed by atoms with van der Waals surface area (Å²) >= 11 is 0. The van der Waals surface area contributed by atoms with Crippen LogP contribution in [0.2, 0.25) is 0 Å². The highest BCUT2D eigenvalue weighted by Crippen LogP contribution is 2.27. The molecule has 0 bridgehead atoms. The van der Waals surface area contributed by atoms with Gasteiger partial charge in [0.2, 0.25) is 0 Å². The lowest BCUT2D eigenvalue weighted by atomic mass is 9.91. The third-order valence-electron chi connectivity index (χ3n) is 8.04. The van der Waals surface area contributed by atoms with Crippen molar-refractivity contribution in [2.75, 3.05) is 39.3 Å². The maximum Gasteiger partial charge on any atom is 0.106 e. The molecule has 13 heteroatoms. The van der Waals surface area contributed by atoms with Crippen LogP contribution in [0.25, 0.3) is 0 Å². The van der Waals surface area contributed by atoms with Gasteiger partial charge in [0.25, 0.3) is 0 Å². The van der Waals surface area contributed by atoms with E-state index in [1.54, 1.807) is 43.5 Å². The van der Waals surface area contributed by atoms with E-state index in [1.165, 1.54) is 25.7 Å². The smallest absolute Gasteiger partial charge is 0.106 e. The van der Waals surface area contributed by atoms with E-state index >= 15 is 0 Å². The van der Waals surface area contributed by atoms with Crippen molar-refractivity contribution in [3.8, 4) is 0 Å². The molecule has 2 aromatic rings. The molecule has 0 N–H and O–H groups in total. The fraction of sp³-hybridized carbons (Fsp3) is 0.549. The zero-order valence-electron chi connectivity index (χ0n) is 42.1. The van der Waals surface area contributed by atoms with Crippen molar-refractivity contribution in [3.05, 3.63) is 42.7 Å². The Morgan fingerprint density at radius 3 is 1.19 bits per heavy atom. The molecule has 1 aromatic heterocycles. The van der Waals surface area contributed by atoms with Crippen LogP contribution in [0.15, 0.2) is 103 Å². The largest absolute Gasteiger partial charge is 0.298 e. The monoisotopic (exact) mass is 880 g/mol. The number of hydrogen-bond donors (Lipinski definition) is 0. The number of hydrogen-bond acceptors (Lipinski definition) is 13. The second kappa shape index (κ2) is 51.8. The minimum absolute atomic E-state index is 0.458. The molecular formula is C51H85N13. The lowest BCUT2D eigenvalue weighted by molar-refractivity contribution is 0.390. The summed E-state index contributed by atoms with van der Waals surface area (Å²) < 4.78 is 0. The number of benzene rings is 1. The zero-order valence-corrected chi connectivity index (χ0v) is 42.1. The molecule has 64 heavy (non-hydrogen) atoms. The quantitative estimate of drug-likeness (QED) is 0.106. The minimum atomic E-state index is 0.458. The highest BCUT2D eigenvalue weighted by Gasteiger charge is 2.22. The summed E-state index contributed by atoms with van der Waals surface area (Å²) in [5, 5.41) is 0. The first-order valence-corrected chi connectivity index (χ1v) is 22.9. The van der Waals surface area contributed by atoms with E-state index in [0.717, 1.165) is 87.0 Å². The van der Waals surface area contributed by atoms with E-state index in [-0.39, 0.29) is 0 Å². The molecular weight excluding hydrogens is 795 g/mol. The SMILES string of the molecule is CC=NC1CCCCC1N=CC.CC=NCCCCN=CC.CC=NCCCN=CC.CC=NCCN=CC.CC=Nc1ccccc1N=CC.CC=Nc1cnccc1N=C(C)C. The summed E-state index contributed by atoms with van der Waals surface area (Å²) in [5.41, 5.74) is 4.52. The maximum absolute atomic E-state index is 4.44. The fourth-order valence-electron chi connectivity index (χ4n) is 5.29. The Bertz CT molecular complexity index is 1620. The van der Waals surface area contributed by atoms with Gasteiger partial charge in [-0.1, -0.05) is 25.0 Å². The minimum Gasteiger partial charge on any atom is -0.298 e. The molecule has 1 aliphatic carbocycles. The number of aliphatic imine (C=N–C) groups is 12. The van der Waals surface area contributed by atoms with Crippen LogP contribution < -0.4 is 0 Å². The average molecular weight is 880 g/mol. The topological polar surface area (TPSA) is 161 Å². The Hall–Kier alpha value is -5.59. The van der Waals surface area contributed by atoms with E-state index in [1.807, 2.05) is 158 Å². The van der Waals surface area contributed by atoms with E-state index in [2.05, 4.69) is 64.9 Å². The van der Waals surface area contributed by atoms with Gasteiger partial charge in [0.05, 0.1) is 48.4 Å². The van der Waals surface area contributed by atoms with Crippen LogP contribution in [-0.4, -0.2) is 130 Å². The predicted octanol–water partition coefficient (Wildman–Crippen LogP) is 13.2. The molecule has 3 rings (SSSR count). The average Bonchev–Trinajstić information content (AvgIpc) is 3.30. The van der Waals surface area contributed by atoms with Crippen LogP contribution in [0, 0.1) is 0 Å². The van der Waals surface area contributed by atoms with Gasteiger partial charge in [-0.25, -0.2) is 0 Å². The van der Waals surface area contributed by atoms with Gasteiger partial charge in [0, 0.05) is 56.7 Å². The molecule has 1 aromatic carbocycles. The van der Waals surface area contributed by atoms with Gasteiger partial charge in [-0.05, 0) is 190 Å². The van der Waals surface area contributed by atoms with Crippen molar-refractivity contribution in [2.24, 2.45) is 59.9 Å². The summed E-state index contributed by atoms with van der Waals surface area (Å²) in [6.45, 7) is 30.5. The van der Waals surface area contributed by atoms with Crippen LogP contribution >= 0.6 is 0 Å².